The summed E-state index contributed by atoms with van der Waals surface area (Å²) in [7, 11) is 0. The summed E-state index contributed by atoms with van der Waals surface area (Å²) >= 11 is 1.41. The summed E-state index contributed by atoms with van der Waals surface area (Å²) in [5.74, 6) is 0.324. The number of hydrogen-bond acceptors (Lipinski definition) is 5. The number of amidine groups is 1. The first-order valence-corrected chi connectivity index (χ1v) is 10.5. The maximum Gasteiger partial charge on any atom is 0.413 e. The Morgan fingerprint density at radius 3 is 2.82 bits per heavy atom. The molecule has 1 amide bonds. The molecular formula is C20H28FN3O3S. The van der Waals surface area contributed by atoms with Crippen molar-refractivity contribution < 1.29 is 19.0 Å². The van der Waals surface area contributed by atoms with E-state index in [0.717, 1.165) is 6.42 Å². The van der Waals surface area contributed by atoms with Gasteiger partial charge < -0.3 is 15.6 Å². The van der Waals surface area contributed by atoms with Crippen LogP contribution in [-0.4, -0.2) is 45.3 Å². The Bertz CT molecular complexity index is 795. The van der Waals surface area contributed by atoms with Gasteiger partial charge in [-0.1, -0.05) is 11.8 Å². The topological polar surface area (TPSA) is 88.1 Å². The van der Waals surface area contributed by atoms with Gasteiger partial charge in [-0.25, -0.2) is 14.2 Å². The fraction of sp³-hybridized carbons (Fsp3) is 0.600. The molecule has 1 fully saturated rings. The molecule has 0 spiro atoms. The summed E-state index contributed by atoms with van der Waals surface area (Å²) in [6.45, 7) is 7.97. The van der Waals surface area contributed by atoms with E-state index in [4.69, 9.17) is 15.5 Å². The molecule has 3 atom stereocenters. The van der Waals surface area contributed by atoms with E-state index in [9.17, 15) is 14.3 Å². The van der Waals surface area contributed by atoms with Gasteiger partial charge in [0.25, 0.3) is 0 Å². The summed E-state index contributed by atoms with van der Waals surface area (Å²) in [6.07, 6.45) is 0.148. The standard InChI is InChI=1S/C20H28FN3O3S/c1-5-27-14-8-12-11-28-17(24(18(25)26)19(2,3)4)23-20(12,10-14)15-9-13(22)6-7-16(15)21/h6-7,9,12,14H,5,8,10-11,22H2,1-4H3,(H,25,26)/t12-,14-,20-/m0/s1. The van der Waals surface area contributed by atoms with Crippen LogP contribution < -0.4 is 5.73 Å². The molecule has 8 heteroatoms. The molecule has 28 heavy (non-hydrogen) atoms. The Morgan fingerprint density at radius 2 is 2.21 bits per heavy atom. The predicted molar refractivity (Wildman–Crippen MR) is 110 cm³/mol. The van der Waals surface area contributed by atoms with Crippen LogP contribution in [0.1, 0.15) is 46.1 Å². The van der Waals surface area contributed by atoms with Gasteiger partial charge in [0.2, 0.25) is 0 Å². The molecule has 1 aliphatic carbocycles. The lowest BCUT2D eigenvalue weighted by molar-refractivity contribution is 0.0629. The van der Waals surface area contributed by atoms with Crippen LogP contribution in [0.4, 0.5) is 14.9 Å². The van der Waals surface area contributed by atoms with Crippen LogP contribution in [-0.2, 0) is 10.3 Å². The number of aliphatic imine (C=N–C) groups is 1. The molecule has 1 saturated carbocycles. The highest BCUT2D eigenvalue weighted by Gasteiger charge is 2.53. The maximum atomic E-state index is 14.9. The van der Waals surface area contributed by atoms with Crippen molar-refractivity contribution in [2.75, 3.05) is 18.1 Å². The smallest absolute Gasteiger partial charge is 0.413 e. The second-order valence-electron chi connectivity index (χ2n) is 8.37. The molecule has 1 aromatic rings. The summed E-state index contributed by atoms with van der Waals surface area (Å²) in [4.78, 5) is 18.2. The number of hydrogen-bond donors (Lipinski definition) is 2. The highest BCUT2D eigenvalue weighted by molar-refractivity contribution is 8.13. The maximum absolute atomic E-state index is 14.9. The lowest BCUT2D eigenvalue weighted by Gasteiger charge is -2.41. The van der Waals surface area contributed by atoms with Gasteiger partial charge in [0.1, 0.15) is 5.82 Å². The van der Waals surface area contributed by atoms with E-state index in [-0.39, 0.29) is 17.8 Å². The lowest BCUT2D eigenvalue weighted by atomic mass is 9.81. The van der Waals surface area contributed by atoms with Crippen LogP contribution in [0, 0.1) is 11.7 Å². The third kappa shape index (κ3) is 3.72. The number of benzene rings is 1. The van der Waals surface area contributed by atoms with Crippen LogP contribution in [0.3, 0.4) is 0 Å². The van der Waals surface area contributed by atoms with E-state index in [0.29, 0.717) is 35.2 Å². The van der Waals surface area contributed by atoms with Crippen molar-refractivity contribution in [1.82, 2.24) is 4.90 Å². The molecule has 0 unspecified atom stereocenters. The van der Waals surface area contributed by atoms with Crippen LogP contribution in [0.15, 0.2) is 23.2 Å². The average molecular weight is 410 g/mol. The van der Waals surface area contributed by atoms with Gasteiger partial charge in [-0.3, -0.25) is 4.90 Å². The second kappa shape index (κ2) is 7.55. The number of thioether (sulfide) groups is 1. The first-order chi connectivity index (χ1) is 13.1. The quantitative estimate of drug-likeness (QED) is 0.727. The number of carbonyl (C=O) groups is 1. The molecule has 154 valence electrons. The molecule has 0 aromatic heterocycles. The number of nitrogens with zero attached hydrogens (tertiary/aromatic N) is 2. The van der Waals surface area contributed by atoms with E-state index in [1.807, 2.05) is 27.7 Å². The summed E-state index contributed by atoms with van der Waals surface area (Å²) in [6, 6.07) is 4.52. The minimum atomic E-state index is -1.07. The summed E-state index contributed by atoms with van der Waals surface area (Å²) < 4.78 is 20.8. The van der Waals surface area contributed by atoms with E-state index in [2.05, 4.69) is 0 Å². The van der Waals surface area contributed by atoms with Gasteiger partial charge in [0.15, 0.2) is 5.17 Å². The van der Waals surface area contributed by atoms with Crippen molar-refractivity contribution >= 4 is 28.7 Å². The summed E-state index contributed by atoms with van der Waals surface area (Å²) in [5, 5.41) is 10.2. The lowest BCUT2D eigenvalue weighted by Crippen LogP contribution is -2.50. The van der Waals surface area contributed by atoms with Gasteiger partial charge in [-0.15, -0.1) is 0 Å². The van der Waals surface area contributed by atoms with E-state index < -0.39 is 17.2 Å². The Morgan fingerprint density at radius 1 is 1.50 bits per heavy atom. The Balaban J connectivity index is 2.16. The monoisotopic (exact) mass is 409 g/mol. The van der Waals surface area contributed by atoms with Crippen molar-refractivity contribution in [3.63, 3.8) is 0 Å². The SMILES string of the molecule is CCO[C@H]1C[C@H]2CSC(N(C(=O)O)C(C)(C)C)=N[C@@]2(c2cc(N)ccc2F)C1. The summed E-state index contributed by atoms with van der Waals surface area (Å²) in [5.41, 5.74) is 5.31. The molecule has 2 aliphatic rings. The number of anilines is 1. The Hall–Kier alpha value is -1.80. The molecular weight excluding hydrogens is 381 g/mol. The zero-order chi connectivity index (χ0) is 20.7. The molecule has 1 aliphatic heterocycles. The molecule has 0 saturated heterocycles. The van der Waals surface area contributed by atoms with Crippen LogP contribution in [0.25, 0.3) is 0 Å². The molecule has 3 rings (SSSR count). The largest absolute Gasteiger partial charge is 0.465 e. The van der Waals surface area contributed by atoms with E-state index >= 15 is 0 Å². The highest BCUT2D eigenvalue weighted by Crippen LogP contribution is 2.53. The molecule has 0 radical (unpaired) electrons. The van der Waals surface area contributed by atoms with Crippen molar-refractivity contribution in [2.24, 2.45) is 10.9 Å². The number of ether oxygens (including phenoxy) is 1. The number of nitrogens with two attached hydrogens (primary N) is 1. The number of carboxylic acid groups (broad SMARTS) is 1. The first kappa shape index (κ1) is 20.9. The number of fused-ring (bicyclic) bond motifs is 1. The Kier molecular flexibility index (Phi) is 5.64. The minimum absolute atomic E-state index is 0.0460. The van der Waals surface area contributed by atoms with Gasteiger partial charge in [0.05, 0.1) is 11.6 Å². The fourth-order valence-electron chi connectivity index (χ4n) is 4.23. The van der Waals surface area contributed by atoms with Gasteiger partial charge >= 0.3 is 6.09 Å². The molecule has 1 aromatic carbocycles. The van der Waals surface area contributed by atoms with Gasteiger partial charge in [0, 0.05) is 41.5 Å². The predicted octanol–water partition coefficient (Wildman–Crippen LogP) is 4.30. The average Bonchev–Trinajstić information content (AvgIpc) is 2.94. The number of halogens is 1. The van der Waals surface area contributed by atoms with Gasteiger partial charge in [-0.2, -0.15) is 0 Å². The van der Waals surface area contributed by atoms with Crippen molar-refractivity contribution in [3.05, 3.63) is 29.6 Å². The molecule has 6 nitrogen and oxygen atoms in total. The van der Waals surface area contributed by atoms with Crippen LogP contribution in [0.2, 0.25) is 0 Å². The molecule has 1 heterocycles. The first-order valence-electron chi connectivity index (χ1n) is 9.51. The fourth-order valence-corrected chi connectivity index (χ4v) is 5.70. The van der Waals surface area contributed by atoms with Crippen molar-refractivity contribution in [2.45, 2.75) is 57.7 Å². The van der Waals surface area contributed by atoms with Crippen molar-refractivity contribution in [1.29, 1.82) is 0 Å². The van der Waals surface area contributed by atoms with Crippen molar-refractivity contribution in [3.8, 4) is 0 Å². The normalized spacial score (nSPS) is 27.2. The zero-order valence-corrected chi connectivity index (χ0v) is 17.6. The van der Waals surface area contributed by atoms with Crippen LogP contribution in [0.5, 0.6) is 0 Å². The molecule has 3 N–H and O–H groups in total. The van der Waals surface area contributed by atoms with E-state index in [1.165, 1.54) is 28.8 Å². The third-order valence-electron chi connectivity index (χ3n) is 5.38. The zero-order valence-electron chi connectivity index (χ0n) is 16.7. The number of rotatable bonds is 3. The number of nitrogen functional groups attached to an aromatic ring is 1. The van der Waals surface area contributed by atoms with Crippen LogP contribution >= 0.6 is 11.8 Å². The highest BCUT2D eigenvalue weighted by atomic mass is 32.2. The number of amides is 1. The van der Waals surface area contributed by atoms with Gasteiger partial charge in [-0.05, 0) is 52.3 Å². The second-order valence-corrected chi connectivity index (χ2v) is 9.36. The van der Waals surface area contributed by atoms with E-state index in [1.54, 1.807) is 6.07 Å². The Labute approximate surface area is 169 Å². The molecule has 0 bridgehead atoms. The third-order valence-corrected chi connectivity index (χ3v) is 6.48. The minimum Gasteiger partial charge on any atom is -0.465 e.